The third kappa shape index (κ3) is 4.94. The van der Waals surface area contributed by atoms with Gasteiger partial charge in [0, 0.05) is 31.7 Å². The molecular weight excluding hydrogens is 362 g/mol. The number of hydrogen-bond donors (Lipinski definition) is 2. The molecule has 0 radical (unpaired) electrons. The molecule has 150 valence electrons. The van der Waals surface area contributed by atoms with Crippen LogP contribution in [0.2, 0.25) is 0 Å². The van der Waals surface area contributed by atoms with Gasteiger partial charge in [0.25, 0.3) is 5.91 Å². The van der Waals surface area contributed by atoms with Crippen molar-refractivity contribution >= 4 is 5.91 Å². The van der Waals surface area contributed by atoms with Crippen molar-refractivity contribution in [3.63, 3.8) is 0 Å². The minimum atomic E-state index is -1.51. The number of halogens is 2. The number of rotatable bonds is 8. The van der Waals surface area contributed by atoms with Crippen molar-refractivity contribution in [1.29, 1.82) is 0 Å². The summed E-state index contributed by atoms with van der Waals surface area (Å²) >= 11 is 0. The van der Waals surface area contributed by atoms with Crippen molar-refractivity contribution in [3.8, 4) is 0 Å². The lowest BCUT2D eigenvalue weighted by Gasteiger charge is -2.38. The molecule has 2 aromatic rings. The maximum Gasteiger partial charge on any atom is 0.255 e. The number of benzene rings is 2. The summed E-state index contributed by atoms with van der Waals surface area (Å²) in [6.45, 7) is 1.28. The van der Waals surface area contributed by atoms with Gasteiger partial charge >= 0.3 is 0 Å². The maximum absolute atomic E-state index is 13.7. The Hall–Kier alpha value is -2.31. The van der Waals surface area contributed by atoms with E-state index in [1.807, 2.05) is 18.2 Å². The van der Waals surface area contributed by atoms with Crippen LogP contribution in [0, 0.1) is 11.6 Å². The molecule has 0 spiro atoms. The average Bonchev–Trinajstić information content (AvgIpc) is 2.69. The second-order valence-corrected chi connectivity index (χ2v) is 7.33. The van der Waals surface area contributed by atoms with Crippen LogP contribution in [-0.2, 0) is 17.8 Å². The zero-order valence-electron chi connectivity index (χ0n) is 15.8. The normalized spacial score (nSPS) is 19.8. The van der Waals surface area contributed by atoms with E-state index in [1.54, 1.807) is 4.90 Å². The summed E-state index contributed by atoms with van der Waals surface area (Å²) in [6.07, 6.45) is 2.77. The van der Waals surface area contributed by atoms with Crippen LogP contribution >= 0.6 is 0 Å². The molecule has 0 aromatic heterocycles. The lowest BCUT2D eigenvalue weighted by Crippen LogP contribution is -2.58. The molecule has 1 fully saturated rings. The Labute approximate surface area is 164 Å². The van der Waals surface area contributed by atoms with Crippen LogP contribution in [0.25, 0.3) is 0 Å². The fourth-order valence-electron chi connectivity index (χ4n) is 3.65. The van der Waals surface area contributed by atoms with Gasteiger partial charge in [-0.3, -0.25) is 4.79 Å². The zero-order valence-corrected chi connectivity index (χ0v) is 15.8. The summed E-state index contributed by atoms with van der Waals surface area (Å²) in [4.78, 5) is 14.5. The third-order valence-corrected chi connectivity index (χ3v) is 5.20. The molecule has 1 unspecified atom stereocenters. The Morgan fingerprint density at radius 1 is 1.11 bits per heavy atom. The molecule has 1 saturated heterocycles. The molecule has 1 atom stereocenters. The Morgan fingerprint density at radius 2 is 1.89 bits per heavy atom. The molecule has 0 aliphatic carbocycles. The first-order chi connectivity index (χ1) is 13.5. The SMILES string of the molecule is O=C1N(CCCc2ccccc2)CCCC1(O)CNCc1cccc(F)c1F. The van der Waals surface area contributed by atoms with E-state index in [4.69, 9.17) is 0 Å². The van der Waals surface area contributed by atoms with Gasteiger partial charge < -0.3 is 15.3 Å². The Kier molecular flexibility index (Phi) is 6.75. The van der Waals surface area contributed by atoms with Gasteiger partial charge in [0.2, 0.25) is 0 Å². The molecule has 1 aliphatic rings. The van der Waals surface area contributed by atoms with Crippen LogP contribution in [0.3, 0.4) is 0 Å². The van der Waals surface area contributed by atoms with Gasteiger partial charge in [-0.25, -0.2) is 8.78 Å². The number of aliphatic hydroxyl groups is 1. The van der Waals surface area contributed by atoms with Crippen LogP contribution < -0.4 is 5.32 Å². The van der Waals surface area contributed by atoms with Gasteiger partial charge in [-0.05, 0) is 37.3 Å². The highest BCUT2D eigenvalue weighted by atomic mass is 19.2. The predicted octanol–water partition coefficient (Wildman–Crippen LogP) is 3.04. The summed E-state index contributed by atoms with van der Waals surface area (Å²) < 4.78 is 27.0. The van der Waals surface area contributed by atoms with Crippen LogP contribution in [0.15, 0.2) is 48.5 Å². The summed E-state index contributed by atoms with van der Waals surface area (Å²) in [5.74, 6) is -2.10. The number of nitrogens with zero attached hydrogens (tertiary/aromatic N) is 1. The Bertz CT molecular complexity index is 800. The second kappa shape index (κ2) is 9.26. The first-order valence-corrected chi connectivity index (χ1v) is 9.69. The average molecular weight is 388 g/mol. The number of amides is 1. The van der Waals surface area contributed by atoms with Crippen molar-refractivity contribution in [2.45, 2.75) is 37.8 Å². The van der Waals surface area contributed by atoms with Crippen LogP contribution in [0.4, 0.5) is 8.78 Å². The number of carbonyl (C=O) groups is 1. The number of hydrogen-bond acceptors (Lipinski definition) is 3. The molecule has 2 N–H and O–H groups in total. The highest BCUT2D eigenvalue weighted by molar-refractivity contribution is 5.86. The molecule has 1 heterocycles. The van der Waals surface area contributed by atoms with Gasteiger partial charge in [0.05, 0.1) is 0 Å². The Balaban J connectivity index is 1.51. The third-order valence-electron chi connectivity index (χ3n) is 5.20. The number of nitrogens with one attached hydrogen (secondary N) is 1. The van der Waals surface area contributed by atoms with E-state index in [0.717, 1.165) is 18.9 Å². The minimum absolute atomic E-state index is 0.0109. The molecule has 6 heteroatoms. The fraction of sp³-hybridized carbons (Fsp3) is 0.409. The lowest BCUT2D eigenvalue weighted by atomic mass is 9.91. The molecule has 4 nitrogen and oxygen atoms in total. The van der Waals surface area contributed by atoms with Crippen molar-refractivity contribution in [2.75, 3.05) is 19.6 Å². The van der Waals surface area contributed by atoms with Crippen LogP contribution in [0.5, 0.6) is 0 Å². The molecule has 0 bridgehead atoms. The number of likely N-dealkylation sites (tertiary alicyclic amines) is 1. The summed E-state index contributed by atoms with van der Waals surface area (Å²) in [7, 11) is 0. The monoisotopic (exact) mass is 388 g/mol. The van der Waals surface area contributed by atoms with Crippen molar-refractivity contribution in [3.05, 3.63) is 71.3 Å². The van der Waals surface area contributed by atoms with Crippen molar-refractivity contribution in [2.24, 2.45) is 0 Å². The maximum atomic E-state index is 13.7. The molecular formula is C22H26F2N2O2. The molecule has 1 aliphatic heterocycles. The first-order valence-electron chi connectivity index (χ1n) is 9.69. The van der Waals surface area contributed by atoms with E-state index < -0.39 is 17.2 Å². The lowest BCUT2D eigenvalue weighted by molar-refractivity contribution is -0.156. The highest BCUT2D eigenvalue weighted by Crippen LogP contribution is 2.23. The van der Waals surface area contributed by atoms with E-state index in [1.165, 1.54) is 17.7 Å². The standard InChI is InChI=1S/C22H26F2N2O2/c23-19-11-4-10-18(20(19)24)15-25-16-22(28)12-6-14-26(21(22)27)13-5-9-17-7-2-1-3-8-17/h1-4,7-8,10-11,25,28H,5-6,9,12-16H2. The van der Waals surface area contributed by atoms with Crippen molar-refractivity contribution in [1.82, 2.24) is 10.2 Å². The van der Waals surface area contributed by atoms with Gasteiger partial charge in [0.15, 0.2) is 17.2 Å². The number of piperidine rings is 1. The fourth-order valence-corrected chi connectivity index (χ4v) is 3.65. The van der Waals surface area contributed by atoms with E-state index in [2.05, 4.69) is 17.4 Å². The molecule has 3 rings (SSSR count). The van der Waals surface area contributed by atoms with Crippen LogP contribution in [-0.4, -0.2) is 41.1 Å². The smallest absolute Gasteiger partial charge is 0.255 e. The molecule has 2 aromatic carbocycles. The minimum Gasteiger partial charge on any atom is -0.379 e. The molecule has 28 heavy (non-hydrogen) atoms. The van der Waals surface area contributed by atoms with Gasteiger partial charge in [-0.15, -0.1) is 0 Å². The molecule has 0 saturated carbocycles. The van der Waals surface area contributed by atoms with E-state index in [9.17, 15) is 18.7 Å². The van der Waals surface area contributed by atoms with Gasteiger partial charge in [-0.2, -0.15) is 0 Å². The summed E-state index contributed by atoms with van der Waals surface area (Å²) in [6, 6.07) is 14.1. The molecule has 1 amide bonds. The summed E-state index contributed by atoms with van der Waals surface area (Å²) in [5, 5.41) is 13.7. The van der Waals surface area contributed by atoms with Crippen molar-refractivity contribution < 1.29 is 18.7 Å². The second-order valence-electron chi connectivity index (χ2n) is 7.33. The summed E-state index contributed by atoms with van der Waals surface area (Å²) in [5.41, 5.74) is -0.109. The highest BCUT2D eigenvalue weighted by Gasteiger charge is 2.41. The van der Waals surface area contributed by atoms with Gasteiger partial charge in [-0.1, -0.05) is 42.5 Å². The van der Waals surface area contributed by atoms with E-state index in [0.29, 0.717) is 25.9 Å². The van der Waals surface area contributed by atoms with E-state index >= 15 is 0 Å². The predicted molar refractivity (Wildman–Crippen MR) is 104 cm³/mol. The number of aryl methyl sites for hydroxylation is 1. The topological polar surface area (TPSA) is 52.6 Å². The zero-order chi connectivity index (χ0) is 20.0. The van der Waals surface area contributed by atoms with Crippen LogP contribution in [0.1, 0.15) is 30.4 Å². The largest absolute Gasteiger partial charge is 0.379 e. The van der Waals surface area contributed by atoms with E-state index in [-0.39, 0.29) is 24.6 Å². The number of carbonyl (C=O) groups excluding carboxylic acids is 1. The quantitative estimate of drug-likeness (QED) is 0.731. The Morgan fingerprint density at radius 3 is 2.68 bits per heavy atom. The van der Waals surface area contributed by atoms with Gasteiger partial charge in [0.1, 0.15) is 0 Å². The first kappa shape index (κ1) is 20.4.